The molecule has 0 aliphatic carbocycles. The topological polar surface area (TPSA) is 99.8 Å². The van der Waals surface area contributed by atoms with Crippen LogP contribution in [0.1, 0.15) is 49.0 Å². The van der Waals surface area contributed by atoms with Crippen molar-refractivity contribution in [1.82, 2.24) is 20.5 Å². The number of aromatic nitrogens is 3. The van der Waals surface area contributed by atoms with E-state index in [2.05, 4.69) is 25.8 Å². The Morgan fingerprint density at radius 2 is 1.94 bits per heavy atom. The maximum Gasteiger partial charge on any atom is 0.417 e. The van der Waals surface area contributed by atoms with Gasteiger partial charge in [-0.15, -0.1) is 0 Å². The Labute approximate surface area is 202 Å². The molecule has 2 aromatic heterocycles. The fraction of sp³-hybridized carbons (Fsp3) is 0.333. The van der Waals surface area contributed by atoms with Crippen molar-refractivity contribution >= 4 is 11.6 Å². The highest BCUT2D eigenvalue weighted by molar-refractivity contribution is 5.92. The standard InChI is InChI=1S/C24H22F5N5O2/c1-2-19-23-12(7-22(36)33-34-23)6-15(31-19)3-4-21(35)32-20-8-16(13-5-14(25)11-30-10-13)17(9-18(20)26)24(27,28)29/h5,7-11,15,19,31H,2-4,6H2,1H3,(H,32,35)(H,33,36)/t15-,19?/m0/s1. The first kappa shape index (κ1) is 25.4. The van der Waals surface area contributed by atoms with Gasteiger partial charge in [0.15, 0.2) is 0 Å². The van der Waals surface area contributed by atoms with Gasteiger partial charge in [0, 0.05) is 30.3 Å². The Kier molecular flexibility index (Phi) is 7.16. The second-order valence-electron chi connectivity index (χ2n) is 8.53. The molecule has 0 radical (unpaired) electrons. The quantitative estimate of drug-likeness (QED) is 0.427. The van der Waals surface area contributed by atoms with Crippen LogP contribution in [-0.2, 0) is 17.4 Å². The van der Waals surface area contributed by atoms with Gasteiger partial charge in [-0.2, -0.15) is 18.3 Å². The summed E-state index contributed by atoms with van der Waals surface area (Å²) in [5, 5.41) is 12.2. The lowest BCUT2D eigenvalue weighted by atomic mass is 9.91. The molecule has 3 N–H and O–H groups in total. The van der Waals surface area contributed by atoms with Gasteiger partial charge in [-0.25, -0.2) is 13.9 Å². The minimum absolute atomic E-state index is 0.0582. The molecule has 0 spiro atoms. The summed E-state index contributed by atoms with van der Waals surface area (Å²) < 4.78 is 68.7. The largest absolute Gasteiger partial charge is 0.417 e. The van der Waals surface area contributed by atoms with Crippen LogP contribution in [0.15, 0.2) is 41.5 Å². The average Bonchev–Trinajstić information content (AvgIpc) is 2.82. The zero-order valence-corrected chi connectivity index (χ0v) is 19.0. The monoisotopic (exact) mass is 507 g/mol. The van der Waals surface area contributed by atoms with Crippen LogP contribution in [0.2, 0.25) is 0 Å². The number of hydrogen-bond donors (Lipinski definition) is 3. The van der Waals surface area contributed by atoms with Gasteiger partial charge in [-0.3, -0.25) is 14.6 Å². The van der Waals surface area contributed by atoms with E-state index in [-0.39, 0.29) is 35.7 Å². The molecular weight excluding hydrogens is 485 g/mol. The third kappa shape index (κ3) is 5.59. The molecule has 1 aliphatic rings. The summed E-state index contributed by atoms with van der Waals surface area (Å²) in [7, 11) is 0. The third-order valence-electron chi connectivity index (χ3n) is 5.98. The summed E-state index contributed by atoms with van der Waals surface area (Å²) in [5.41, 5.74) is -1.32. The van der Waals surface area contributed by atoms with Crippen molar-refractivity contribution in [2.75, 3.05) is 5.32 Å². The Balaban J connectivity index is 1.51. The van der Waals surface area contributed by atoms with E-state index in [0.717, 1.165) is 35.8 Å². The number of carbonyl (C=O) groups is 1. The van der Waals surface area contributed by atoms with Gasteiger partial charge < -0.3 is 10.6 Å². The molecule has 3 heterocycles. The molecule has 4 rings (SSSR count). The normalized spacial score (nSPS) is 17.5. The number of halogens is 5. The first-order valence-electron chi connectivity index (χ1n) is 11.2. The fourth-order valence-corrected chi connectivity index (χ4v) is 4.32. The smallest absolute Gasteiger partial charge is 0.324 e. The number of nitrogens with zero attached hydrogens (tertiary/aromatic N) is 2. The van der Waals surface area contributed by atoms with Crippen molar-refractivity contribution in [3.8, 4) is 11.1 Å². The fourth-order valence-electron chi connectivity index (χ4n) is 4.32. The van der Waals surface area contributed by atoms with Crippen LogP contribution in [0.5, 0.6) is 0 Å². The van der Waals surface area contributed by atoms with E-state index in [1.807, 2.05) is 6.92 Å². The van der Waals surface area contributed by atoms with Gasteiger partial charge in [-0.1, -0.05) is 6.92 Å². The average molecular weight is 507 g/mol. The van der Waals surface area contributed by atoms with E-state index in [1.165, 1.54) is 6.07 Å². The predicted octanol–water partition coefficient (Wildman–Crippen LogP) is 4.51. The van der Waals surface area contributed by atoms with Crippen LogP contribution >= 0.6 is 0 Å². The molecule has 0 saturated carbocycles. The number of H-pyrrole nitrogens is 1. The number of nitrogens with one attached hydrogen (secondary N) is 3. The van der Waals surface area contributed by atoms with E-state index >= 15 is 0 Å². The number of amides is 1. The van der Waals surface area contributed by atoms with Gasteiger partial charge in [-0.05, 0) is 48.6 Å². The van der Waals surface area contributed by atoms with Crippen LogP contribution in [-0.4, -0.2) is 27.1 Å². The minimum Gasteiger partial charge on any atom is -0.324 e. The summed E-state index contributed by atoms with van der Waals surface area (Å²) in [6.45, 7) is 1.95. The molecule has 36 heavy (non-hydrogen) atoms. The number of benzene rings is 1. The van der Waals surface area contributed by atoms with Gasteiger partial charge in [0.1, 0.15) is 11.6 Å². The van der Waals surface area contributed by atoms with Crippen molar-refractivity contribution in [1.29, 1.82) is 0 Å². The molecule has 1 aliphatic heterocycles. The molecule has 7 nitrogen and oxygen atoms in total. The molecule has 0 fully saturated rings. The van der Waals surface area contributed by atoms with Crippen LogP contribution < -0.4 is 16.2 Å². The Hall–Kier alpha value is -3.67. The maximum absolute atomic E-state index is 14.6. The lowest BCUT2D eigenvalue weighted by molar-refractivity contribution is -0.137. The number of alkyl halides is 3. The van der Waals surface area contributed by atoms with Crippen molar-refractivity contribution < 1.29 is 26.7 Å². The van der Waals surface area contributed by atoms with Crippen LogP contribution in [0.25, 0.3) is 11.1 Å². The summed E-state index contributed by atoms with van der Waals surface area (Å²) in [6, 6.07) is 3.13. The maximum atomic E-state index is 14.6. The van der Waals surface area contributed by atoms with Crippen molar-refractivity contribution in [2.45, 2.75) is 50.9 Å². The second kappa shape index (κ2) is 10.1. The Bertz CT molecular complexity index is 1340. The predicted molar refractivity (Wildman–Crippen MR) is 121 cm³/mol. The molecule has 190 valence electrons. The van der Waals surface area contributed by atoms with Crippen molar-refractivity contribution in [2.24, 2.45) is 0 Å². The number of pyridine rings is 1. The Morgan fingerprint density at radius 1 is 1.17 bits per heavy atom. The van der Waals surface area contributed by atoms with Crippen molar-refractivity contribution in [3.05, 3.63) is 75.5 Å². The lowest BCUT2D eigenvalue weighted by Gasteiger charge is -2.31. The molecule has 0 saturated heterocycles. The first-order valence-corrected chi connectivity index (χ1v) is 11.2. The number of hydrogen-bond acceptors (Lipinski definition) is 5. The highest BCUT2D eigenvalue weighted by Crippen LogP contribution is 2.39. The zero-order valence-electron chi connectivity index (χ0n) is 19.0. The molecule has 1 amide bonds. The molecular formula is C24H22F5N5O2. The molecule has 1 unspecified atom stereocenters. The van der Waals surface area contributed by atoms with E-state index in [1.54, 1.807) is 0 Å². The number of aromatic amines is 1. The van der Waals surface area contributed by atoms with Crippen LogP contribution in [0.4, 0.5) is 27.6 Å². The summed E-state index contributed by atoms with van der Waals surface area (Å²) in [5.74, 6) is -2.74. The molecule has 3 aromatic rings. The first-order chi connectivity index (χ1) is 17.0. The van der Waals surface area contributed by atoms with Crippen molar-refractivity contribution in [3.63, 3.8) is 0 Å². The van der Waals surface area contributed by atoms with Gasteiger partial charge in [0.05, 0.1) is 29.2 Å². The summed E-state index contributed by atoms with van der Waals surface area (Å²) >= 11 is 0. The van der Waals surface area contributed by atoms with Crippen LogP contribution in [0, 0.1) is 11.6 Å². The number of rotatable bonds is 6. The second-order valence-corrected chi connectivity index (χ2v) is 8.53. The summed E-state index contributed by atoms with van der Waals surface area (Å²) in [4.78, 5) is 27.8. The van der Waals surface area contributed by atoms with Gasteiger partial charge >= 0.3 is 6.18 Å². The van der Waals surface area contributed by atoms with E-state index in [0.29, 0.717) is 19.3 Å². The minimum atomic E-state index is -4.92. The van der Waals surface area contributed by atoms with Gasteiger partial charge in [0.2, 0.25) is 5.91 Å². The summed E-state index contributed by atoms with van der Waals surface area (Å²) in [6.07, 6.45) is -1.64. The highest BCUT2D eigenvalue weighted by Gasteiger charge is 2.35. The Morgan fingerprint density at radius 3 is 2.64 bits per heavy atom. The van der Waals surface area contributed by atoms with E-state index in [9.17, 15) is 31.5 Å². The zero-order chi connectivity index (χ0) is 26.0. The number of fused-ring (bicyclic) bond motifs is 1. The number of carbonyl (C=O) groups excluding carboxylic acids is 1. The highest BCUT2D eigenvalue weighted by atomic mass is 19.4. The van der Waals surface area contributed by atoms with Gasteiger partial charge in [0.25, 0.3) is 5.56 Å². The molecule has 0 bridgehead atoms. The molecule has 2 atom stereocenters. The van der Waals surface area contributed by atoms with Crippen LogP contribution in [0.3, 0.4) is 0 Å². The third-order valence-corrected chi connectivity index (χ3v) is 5.98. The van der Waals surface area contributed by atoms with E-state index in [4.69, 9.17) is 0 Å². The molecule has 12 heteroatoms. The SMILES string of the molecule is CCC1N[C@@H](CCC(=O)Nc2cc(-c3cncc(F)c3)c(C(F)(F)F)cc2F)Cc2cc(=O)[nH]nc21. The lowest BCUT2D eigenvalue weighted by Crippen LogP contribution is -2.41. The molecule has 1 aromatic carbocycles. The number of anilines is 1. The van der Waals surface area contributed by atoms with E-state index < -0.39 is 40.5 Å².